The van der Waals surface area contributed by atoms with Crippen LogP contribution in [-0.2, 0) is 9.53 Å². The van der Waals surface area contributed by atoms with E-state index in [1.54, 1.807) is 23.2 Å². The van der Waals surface area contributed by atoms with Crippen LogP contribution in [-0.4, -0.2) is 59.7 Å². The quantitative estimate of drug-likeness (QED) is 0.884. The molecule has 1 saturated carbocycles. The zero-order valence-corrected chi connectivity index (χ0v) is 13.3. The second-order valence-electron chi connectivity index (χ2n) is 6.92. The molecule has 1 N–H and O–H groups in total. The van der Waals surface area contributed by atoms with E-state index >= 15 is 0 Å². The van der Waals surface area contributed by atoms with E-state index in [0.29, 0.717) is 44.6 Å². The van der Waals surface area contributed by atoms with Crippen molar-refractivity contribution < 1.29 is 18.7 Å². The summed E-state index contributed by atoms with van der Waals surface area (Å²) < 4.78 is 19.7. The number of pyridine rings is 1. The average molecular weight is 333 g/mol. The number of carbonyl (C=O) groups is 2. The first-order chi connectivity index (χ1) is 11.6. The first-order valence-electron chi connectivity index (χ1n) is 8.35. The van der Waals surface area contributed by atoms with Crippen molar-refractivity contribution in [3.63, 3.8) is 0 Å². The molecule has 1 aromatic heterocycles. The van der Waals surface area contributed by atoms with Gasteiger partial charge in [0.15, 0.2) is 5.67 Å². The van der Waals surface area contributed by atoms with E-state index < -0.39 is 11.6 Å². The highest BCUT2D eigenvalue weighted by molar-refractivity contribution is 5.93. The molecule has 0 radical (unpaired) electrons. The highest BCUT2D eigenvalue weighted by Gasteiger charge is 2.56. The summed E-state index contributed by atoms with van der Waals surface area (Å²) in [6.45, 7) is 2.02. The fraction of sp³-hybridized carbons (Fsp3) is 0.588. The van der Waals surface area contributed by atoms with E-state index in [0.717, 1.165) is 0 Å². The molecule has 1 aromatic rings. The lowest BCUT2D eigenvalue weighted by Crippen LogP contribution is -2.39. The fourth-order valence-corrected chi connectivity index (χ4v) is 3.60. The van der Waals surface area contributed by atoms with Crippen molar-refractivity contribution in [2.24, 2.45) is 11.8 Å². The molecule has 3 fully saturated rings. The Morgan fingerprint density at radius 2 is 2.25 bits per heavy atom. The second-order valence-corrected chi connectivity index (χ2v) is 6.92. The fourth-order valence-electron chi connectivity index (χ4n) is 3.60. The van der Waals surface area contributed by atoms with Gasteiger partial charge in [-0.15, -0.1) is 0 Å². The van der Waals surface area contributed by atoms with Crippen molar-refractivity contribution in [2.75, 3.05) is 26.2 Å². The molecule has 7 heteroatoms. The third-order valence-corrected chi connectivity index (χ3v) is 5.25. The number of ether oxygens (including phenoxy) is 1. The molecule has 128 valence electrons. The Balaban J connectivity index is 1.33. The van der Waals surface area contributed by atoms with E-state index in [1.807, 2.05) is 0 Å². The summed E-state index contributed by atoms with van der Waals surface area (Å²) in [7, 11) is 0. The molecule has 2 aliphatic heterocycles. The SMILES string of the molecule is O=C(NC[C@@H]1CO[C@@H]2CN(C(=O)C3(F)CC3)C[C@H]12)c1cccnc1. The molecule has 4 rings (SSSR count). The van der Waals surface area contributed by atoms with Gasteiger partial charge in [-0.05, 0) is 25.0 Å². The summed E-state index contributed by atoms with van der Waals surface area (Å²) in [6.07, 6.45) is 3.77. The second kappa shape index (κ2) is 5.81. The Bertz CT molecular complexity index is 650. The number of alkyl halides is 1. The Hall–Kier alpha value is -2.02. The summed E-state index contributed by atoms with van der Waals surface area (Å²) in [5, 5.41) is 2.90. The molecule has 24 heavy (non-hydrogen) atoms. The van der Waals surface area contributed by atoms with Gasteiger partial charge in [0.25, 0.3) is 11.8 Å². The smallest absolute Gasteiger partial charge is 0.260 e. The van der Waals surface area contributed by atoms with Crippen LogP contribution in [0.3, 0.4) is 0 Å². The maximum atomic E-state index is 14.0. The molecule has 3 heterocycles. The molecule has 3 atom stereocenters. The van der Waals surface area contributed by atoms with Gasteiger partial charge in [-0.25, -0.2) is 4.39 Å². The number of fused-ring (bicyclic) bond motifs is 1. The van der Waals surface area contributed by atoms with E-state index in [-0.39, 0.29) is 23.8 Å². The lowest BCUT2D eigenvalue weighted by Gasteiger charge is -2.21. The number of likely N-dealkylation sites (tertiary alicyclic amines) is 1. The summed E-state index contributed by atoms with van der Waals surface area (Å²) in [5.41, 5.74) is -1.10. The Kier molecular flexibility index (Phi) is 3.75. The molecule has 3 aliphatic rings. The van der Waals surface area contributed by atoms with Crippen LogP contribution in [0.2, 0.25) is 0 Å². The molecule has 0 spiro atoms. The number of halogens is 1. The molecular formula is C17H20FN3O3. The van der Waals surface area contributed by atoms with Crippen LogP contribution < -0.4 is 5.32 Å². The molecule has 2 saturated heterocycles. The highest BCUT2D eigenvalue weighted by Crippen LogP contribution is 2.43. The van der Waals surface area contributed by atoms with Crippen molar-refractivity contribution in [1.82, 2.24) is 15.2 Å². The van der Waals surface area contributed by atoms with Gasteiger partial charge in [0.2, 0.25) is 0 Å². The maximum Gasteiger partial charge on any atom is 0.260 e. The standard InChI is InChI=1S/C17H20FN3O3/c18-17(3-4-17)16(23)21-8-13-12(10-24-14(13)9-21)7-20-15(22)11-2-1-5-19-6-11/h1-2,5-6,12-14H,3-4,7-10H2,(H,20,22)/t12-,13-,14-/m1/s1. The first kappa shape index (κ1) is 15.5. The number of amides is 2. The predicted octanol–water partition coefficient (Wildman–Crippen LogP) is 0.787. The average Bonchev–Trinajstić information content (AvgIpc) is 3.06. The third-order valence-electron chi connectivity index (χ3n) is 5.25. The molecule has 0 aromatic carbocycles. The number of rotatable bonds is 4. The first-order valence-corrected chi connectivity index (χ1v) is 8.35. The van der Waals surface area contributed by atoms with Gasteiger partial charge >= 0.3 is 0 Å². The number of nitrogens with one attached hydrogen (secondary N) is 1. The number of aromatic nitrogens is 1. The third kappa shape index (κ3) is 2.77. The summed E-state index contributed by atoms with van der Waals surface area (Å²) in [6, 6.07) is 3.43. The monoisotopic (exact) mass is 333 g/mol. The van der Waals surface area contributed by atoms with Gasteiger partial charge in [-0.3, -0.25) is 14.6 Å². The van der Waals surface area contributed by atoms with Crippen LogP contribution in [0, 0.1) is 11.8 Å². The van der Waals surface area contributed by atoms with Gasteiger partial charge in [0.05, 0.1) is 18.3 Å². The Morgan fingerprint density at radius 3 is 2.96 bits per heavy atom. The minimum absolute atomic E-state index is 0.0448. The van der Waals surface area contributed by atoms with Crippen LogP contribution in [0.5, 0.6) is 0 Å². The molecule has 1 aliphatic carbocycles. The molecule has 0 unspecified atom stereocenters. The molecule has 0 bridgehead atoms. The van der Waals surface area contributed by atoms with E-state index in [1.165, 1.54) is 6.20 Å². The molecular weight excluding hydrogens is 313 g/mol. The van der Waals surface area contributed by atoms with Crippen LogP contribution in [0.4, 0.5) is 4.39 Å². The highest BCUT2D eigenvalue weighted by atomic mass is 19.1. The van der Waals surface area contributed by atoms with Gasteiger partial charge < -0.3 is 15.0 Å². The summed E-state index contributed by atoms with van der Waals surface area (Å²) in [4.78, 5) is 29.8. The summed E-state index contributed by atoms with van der Waals surface area (Å²) >= 11 is 0. The summed E-state index contributed by atoms with van der Waals surface area (Å²) in [5.74, 6) is -0.259. The van der Waals surface area contributed by atoms with Crippen LogP contribution in [0.15, 0.2) is 24.5 Å². The van der Waals surface area contributed by atoms with Crippen molar-refractivity contribution in [2.45, 2.75) is 24.6 Å². The van der Waals surface area contributed by atoms with E-state index in [4.69, 9.17) is 4.74 Å². The van der Waals surface area contributed by atoms with E-state index in [9.17, 15) is 14.0 Å². The van der Waals surface area contributed by atoms with Gasteiger partial charge in [-0.1, -0.05) is 0 Å². The lowest BCUT2D eigenvalue weighted by atomic mass is 9.93. The predicted molar refractivity (Wildman–Crippen MR) is 82.9 cm³/mol. The number of hydrogen-bond acceptors (Lipinski definition) is 4. The van der Waals surface area contributed by atoms with Crippen molar-refractivity contribution >= 4 is 11.8 Å². The molecule has 6 nitrogen and oxygen atoms in total. The minimum atomic E-state index is -1.62. The minimum Gasteiger partial charge on any atom is -0.376 e. The number of hydrogen-bond donors (Lipinski definition) is 1. The Morgan fingerprint density at radius 1 is 1.42 bits per heavy atom. The van der Waals surface area contributed by atoms with Crippen LogP contribution in [0.1, 0.15) is 23.2 Å². The zero-order chi connectivity index (χ0) is 16.7. The maximum absolute atomic E-state index is 14.0. The topological polar surface area (TPSA) is 71.5 Å². The number of carbonyl (C=O) groups excluding carboxylic acids is 2. The van der Waals surface area contributed by atoms with E-state index in [2.05, 4.69) is 10.3 Å². The molecule has 2 amide bonds. The number of nitrogens with zero attached hydrogens (tertiary/aromatic N) is 2. The normalized spacial score (nSPS) is 30.0. The zero-order valence-electron chi connectivity index (χ0n) is 13.3. The van der Waals surface area contributed by atoms with Crippen LogP contribution >= 0.6 is 0 Å². The largest absolute Gasteiger partial charge is 0.376 e. The Labute approximate surface area is 139 Å². The van der Waals surface area contributed by atoms with Gasteiger partial charge in [0, 0.05) is 43.9 Å². The van der Waals surface area contributed by atoms with Crippen molar-refractivity contribution in [1.29, 1.82) is 0 Å². The lowest BCUT2D eigenvalue weighted by molar-refractivity contribution is -0.137. The van der Waals surface area contributed by atoms with Gasteiger partial charge in [0.1, 0.15) is 0 Å². The van der Waals surface area contributed by atoms with Crippen molar-refractivity contribution in [3.8, 4) is 0 Å². The van der Waals surface area contributed by atoms with Gasteiger partial charge in [-0.2, -0.15) is 0 Å². The van der Waals surface area contributed by atoms with Crippen molar-refractivity contribution in [3.05, 3.63) is 30.1 Å². The van der Waals surface area contributed by atoms with Crippen LogP contribution in [0.25, 0.3) is 0 Å².